The molecule has 0 aliphatic heterocycles. The van der Waals surface area contributed by atoms with Crippen molar-refractivity contribution in [2.75, 3.05) is 13.2 Å². The van der Waals surface area contributed by atoms with Crippen LogP contribution in [0, 0.1) is 11.6 Å². The van der Waals surface area contributed by atoms with Gasteiger partial charge in [-0.25, -0.2) is 8.78 Å². The molecule has 1 aromatic carbocycles. The summed E-state index contributed by atoms with van der Waals surface area (Å²) in [6, 6.07) is 3.52. The number of rotatable bonds is 8. The zero-order valence-electron chi connectivity index (χ0n) is 11.6. The lowest BCUT2D eigenvalue weighted by Gasteiger charge is -2.03. The van der Waals surface area contributed by atoms with Gasteiger partial charge in [-0.15, -0.1) is 5.10 Å². The van der Waals surface area contributed by atoms with E-state index in [1.54, 1.807) is 4.68 Å². The molecule has 0 aliphatic rings. The van der Waals surface area contributed by atoms with Crippen molar-refractivity contribution in [3.05, 3.63) is 47.3 Å². The quantitative estimate of drug-likeness (QED) is 0.720. The summed E-state index contributed by atoms with van der Waals surface area (Å²) in [5, 5.41) is 19.8. The first-order valence-electron chi connectivity index (χ1n) is 6.83. The lowest BCUT2D eigenvalue weighted by atomic mass is 10.1. The Hall–Kier alpha value is -1.86. The fraction of sp³-hybridized carbons (Fsp3) is 0.429. The highest BCUT2D eigenvalue weighted by atomic mass is 19.1. The Morgan fingerprint density at radius 2 is 1.95 bits per heavy atom. The minimum atomic E-state index is -0.558. The van der Waals surface area contributed by atoms with Crippen LogP contribution in [-0.4, -0.2) is 33.3 Å². The summed E-state index contributed by atoms with van der Waals surface area (Å²) in [6.45, 7) is 1.88. The zero-order chi connectivity index (χ0) is 15.1. The summed E-state index contributed by atoms with van der Waals surface area (Å²) >= 11 is 0. The van der Waals surface area contributed by atoms with Crippen LogP contribution < -0.4 is 5.32 Å². The molecule has 0 saturated carbocycles. The SMILES string of the molecule is OCCCn1cc(CNCCc2cc(F)cc(F)c2)nn1. The third-order valence-electron chi connectivity index (χ3n) is 2.95. The highest BCUT2D eigenvalue weighted by Gasteiger charge is 2.02. The Bertz CT molecular complexity index is 554. The minimum Gasteiger partial charge on any atom is -0.396 e. The molecule has 2 rings (SSSR count). The number of aryl methyl sites for hydroxylation is 1. The van der Waals surface area contributed by atoms with Crippen LogP contribution in [0.2, 0.25) is 0 Å². The van der Waals surface area contributed by atoms with E-state index in [9.17, 15) is 8.78 Å². The summed E-state index contributed by atoms with van der Waals surface area (Å²) < 4.78 is 27.7. The fourth-order valence-electron chi connectivity index (χ4n) is 1.97. The molecule has 0 amide bonds. The third kappa shape index (κ3) is 5.20. The van der Waals surface area contributed by atoms with E-state index in [1.807, 2.05) is 6.20 Å². The van der Waals surface area contributed by atoms with Crippen LogP contribution in [-0.2, 0) is 19.5 Å². The second kappa shape index (κ2) is 7.80. The molecule has 1 aromatic heterocycles. The van der Waals surface area contributed by atoms with Gasteiger partial charge in [-0.3, -0.25) is 4.68 Å². The van der Waals surface area contributed by atoms with Gasteiger partial charge in [-0.05, 0) is 37.1 Å². The molecular formula is C14H18F2N4O. The minimum absolute atomic E-state index is 0.123. The summed E-state index contributed by atoms with van der Waals surface area (Å²) in [5.74, 6) is -1.12. The van der Waals surface area contributed by atoms with Crippen molar-refractivity contribution in [2.45, 2.75) is 25.9 Å². The van der Waals surface area contributed by atoms with Gasteiger partial charge < -0.3 is 10.4 Å². The van der Waals surface area contributed by atoms with E-state index in [4.69, 9.17) is 5.11 Å². The second-order valence-electron chi connectivity index (χ2n) is 4.75. The predicted molar refractivity (Wildman–Crippen MR) is 73.5 cm³/mol. The van der Waals surface area contributed by atoms with Crippen molar-refractivity contribution in [1.29, 1.82) is 0 Å². The number of nitrogens with zero attached hydrogens (tertiary/aromatic N) is 3. The maximum atomic E-state index is 13.0. The summed E-state index contributed by atoms with van der Waals surface area (Å²) in [7, 11) is 0. The molecule has 0 saturated heterocycles. The highest BCUT2D eigenvalue weighted by molar-refractivity contribution is 5.18. The number of aliphatic hydroxyl groups excluding tert-OH is 1. The van der Waals surface area contributed by atoms with Crippen LogP contribution in [0.15, 0.2) is 24.4 Å². The van der Waals surface area contributed by atoms with Crippen molar-refractivity contribution in [2.24, 2.45) is 0 Å². The molecule has 7 heteroatoms. The number of hydrogen-bond donors (Lipinski definition) is 2. The van der Waals surface area contributed by atoms with Gasteiger partial charge in [0.1, 0.15) is 11.6 Å². The molecule has 2 aromatic rings. The first kappa shape index (κ1) is 15.5. The molecular weight excluding hydrogens is 278 g/mol. The fourth-order valence-corrected chi connectivity index (χ4v) is 1.97. The van der Waals surface area contributed by atoms with Crippen molar-refractivity contribution in [3.8, 4) is 0 Å². The van der Waals surface area contributed by atoms with E-state index < -0.39 is 11.6 Å². The van der Waals surface area contributed by atoms with E-state index >= 15 is 0 Å². The van der Waals surface area contributed by atoms with E-state index in [0.717, 1.165) is 11.8 Å². The maximum absolute atomic E-state index is 13.0. The van der Waals surface area contributed by atoms with Gasteiger partial charge in [0.25, 0.3) is 0 Å². The van der Waals surface area contributed by atoms with Crippen molar-refractivity contribution in [3.63, 3.8) is 0 Å². The van der Waals surface area contributed by atoms with Crippen molar-refractivity contribution < 1.29 is 13.9 Å². The van der Waals surface area contributed by atoms with Gasteiger partial charge in [0.2, 0.25) is 0 Å². The van der Waals surface area contributed by atoms with Gasteiger partial charge >= 0.3 is 0 Å². The molecule has 0 bridgehead atoms. The van der Waals surface area contributed by atoms with Crippen LogP contribution in [0.3, 0.4) is 0 Å². The van der Waals surface area contributed by atoms with Crippen LogP contribution in [0.1, 0.15) is 17.7 Å². The first-order valence-corrected chi connectivity index (χ1v) is 6.83. The number of halogens is 2. The molecule has 114 valence electrons. The van der Waals surface area contributed by atoms with Crippen LogP contribution in [0.5, 0.6) is 0 Å². The largest absolute Gasteiger partial charge is 0.396 e. The van der Waals surface area contributed by atoms with Gasteiger partial charge in [0.05, 0.1) is 5.69 Å². The van der Waals surface area contributed by atoms with Crippen LogP contribution in [0.25, 0.3) is 0 Å². The van der Waals surface area contributed by atoms with E-state index in [0.29, 0.717) is 38.0 Å². The molecule has 0 fully saturated rings. The third-order valence-corrected chi connectivity index (χ3v) is 2.95. The molecule has 21 heavy (non-hydrogen) atoms. The normalized spacial score (nSPS) is 11.0. The number of benzene rings is 1. The van der Waals surface area contributed by atoms with Crippen molar-refractivity contribution >= 4 is 0 Å². The molecule has 5 nitrogen and oxygen atoms in total. The number of nitrogens with one attached hydrogen (secondary N) is 1. The summed E-state index contributed by atoms with van der Waals surface area (Å²) in [4.78, 5) is 0. The predicted octanol–water partition coefficient (Wildman–Crippen LogP) is 1.27. The molecule has 0 aliphatic carbocycles. The zero-order valence-corrected chi connectivity index (χ0v) is 11.6. The molecule has 2 N–H and O–H groups in total. The lowest BCUT2D eigenvalue weighted by molar-refractivity contribution is 0.276. The van der Waals surface area contributed by atoms with Gasteiger partial charge in [-0.1, -0.05) is 5.21 Å². The van der Waals surface area contributed by atoms with Gasteiger partial charge in [0.15, 0.2) is 0 Å². The van der Waals surface area contributed by atoms with E-state index in [2.05, 4.69) is 15.6 Å². The van der Waals surface area contributed by atoms with Gasteiger partial charge in [0, 0.05) is 32.0 Å². The van der Waals surface area contributed by atoms with Crippen LogP contribution >= 0.6 is 0 Å². The smallest absolute Gasteiger partial charge is 0.126 e. The molecule has 0 unspecified atom stereocenters. The summed E-state index contributed by atoms with van der Waals surface area (Å²) in [6.07, 6.45) is 2.99. The van der Waals surface area contributed by atoms with Gasteiger partial charge in [-0.2, -0.15) is 0 Å². The standard InChI is InChI=1S/C14H18F2N4O/c15-12-6-11(7-13(16)8-12)2-3-17-9-14-10-20(19-18-14)4-1-5-21/h6-8,10,17,21H,1-5,9H2. The number of aliphatic hydroxyl groups is 1. The van der Waals surface area contributed by atoms with Crippen LogP contribution in [0.4, 0.5) is 8.78 Å². The molecule has 0 spiro atoms. The Labute approximate surface area is 121 Å². The topological polar surface area (TPSA) is 63.0 Å². The lowest BCUT2D eigenvalue weighted by Crippen LogP contribution is -2.17. The Morgan fingerprint density at radius 3 is 2.67 bits per heavy atom. The molecule has 0 atom stereocenters. The Balaban J connectivity index is 1.73. The Kier molecular flexibility index (Phi) is 5.77. The average molecular weight is 296 g/mol. The number of aromatic nitrogens is 3. The molecule has 1 heterocycles. The summed E-state index contributed by atoms with van der Waals surface area (Å²) in [5.41, 5.74) is 1.41. The number of hydrogen-bond acceptors (Lipinski definition) is 4. The maximum Gasteiger partial charge on any atom is 0.126 e. The van der Waals surface area contributed by atoms with E-state index in [-0.39, 0.29) is 6.61 Å². The molecule has 0 radical (unpaired) electrons. The average Bonchev–Trinajstić information content (AvgIpc) is 2.88. The monoisotopic (exact) mass is 296 g/mol. The van der Waals surface area contributed by atoms with Crippen molar-refractivity contribution in [1.82, 2.24) is 20.3 Å². The van der Waals surface area contributed by atoms with E-state index in [1.165, 1.54) is 12.1 Å². The first-order chi connectivity index (χ1) is 10.2. The highest BCUT2D eigenvalue weighted by Crippen LogP contribution is 2.08. The second-order valence-corrected chi connectivity index (χ2v) is 4.75. The Morgan fingerprint density at radius 1 is 1.19 bits per heavy atom.